The summed E-state index contributed by atoms with van der Waals surface area (Å²) in [5, 5.41) is 0. The summed E-state index contributed by atoms with van der Waals surface area (Å²) in [4.78, 5) is 8.80. The normalized spacial score (nSPS) is 41.3. The highest BCUT2D eigenvalue weighted by atomic mass is 14.9. The molecule has 2 N–H and O–H groups in total. The van der Waals surface area contributed by atoms with Crippen molar-refractivity contribution in [1.29, 1.82) is 0 Å². The van der Waals surface area contributed by atoms with Gasteiger partial charge >= 0.3 is 0 Å². The molecule has 96 valence electrons. The van der Waals surface area contributed by atoms with E-state index in [0.29, 0.717) is 5.41 Å². The Bertz CT molecular complexity index is 459. The van der Waals surface area contributed by atoms with Crippen molar-refractivity contribution < 1.29 is 0 Å². The lowest BCUT2D eigenvalue weighted by Crippen LogP contribution is -2.49. The first-order valence-electron chi connectivity index (χ1n) is 7.24. The summed E-state index contributed by atoms with van der Waals surface area (Å²) >= 11 is 0. The highest BCUT2D eigenvalue weighted by molar-refractivity contribution is 5.44. The fourth-order valence-electron chi connectivity index (χ4n) is 5.34. The van der Waals surface area contributed by atoms with Crippen molar-refractivity contribution in [2.45, 2.75) is 50.9 Å². The van der Waals surface area contributed by atoms with Crippen molar-refractivity contribution in [3.05, 3.63) is 17.6 Å². The van der Waals surface area contributed by atoms with E-state index in [9.17, 15) is 0 Å². The van der Waals surface area contributed by atoms with Crippen LogP contribution in [-0.4, -0.2) is 9.97 Å². The van der Waals surface area contributed by atoms with Gasteiger partial charge in [-0.05, 0) is 63.2 Å². The van der Waals surface area contributed by atoms with Crippen molar-refractivity contribution in [2.24, 2.45) is 17.8 Å². The SMILES string of the molecule is Cc1ncc(C23CC4CC(CC(C4)C2)C3)c(N)n1. The average Bonchev–Trinajstić information content (AvgIpc) is 2.26. The zero-order valence-electron chi connectivity index (χ0n) is 11.0. The van der Waals surface area contributed by atoms with Gasteiger partial charge in [-0.15, -0.1) is 0 Å². The number of aryl methyl sites for hydroxylation is 1. The Morgan fingerprint density at radius 2 is 1.67 bits per heavy atom. The largest absolute Gasteiger partial charge is 0.383 e. The van der Waals surface area contributed by atoms with Gasteiger partial charge in [0, 0.05) is 17.2 Å². The minimum Gasteiger partial charge on any atom is -0.383 e. The molecule has 0 spiro atoms. The fraction of sp³-hybridized carbons (Fsp3) is 0.733. The van der Waals surface area contributed by atoms with Crippen molar-refractivity contribution in [3.63, 3.8) is 0 Å². The quantitative estimate of drug-likeness (QED) is 0.825. The van der Waals surface area contributed by atoms with Crippen molar-refractivity contribution in [2.75, 3.05) is 5.73 Å². The van der Waals surface area contributed by atoms with E-state index in [1.54, 1.807) is 0 Å². The molecule has 3 nitrogen and oxygen atoms in total. The second-order valence-corrected chi connectivity index (χ2v) is 6.91. The van der Waals surface area contributed by atoms with Crippen LogP contribution in [0.3, 0.4) is 0 Å². The van der Waals surface area contributed by atoms with Crippen molar-refractivity contribution >= 4 is 5.82 Å². The van der Waals surface area contributed by atoms with E-state index in [4.69, 9.17) is 5.73 Å². The minimum absolute atomic E-state index is 0.326. The molecule has 18 heavy (non-hydrogen) atoms. The van der Waals surface area contributed by atoms with Gasteiger partial charge in [0.05, 0.1) is 0 Å². The average molecular weight is 243 g/mol. The number of nitrogens with zero attached hydrogens (tertiary/aromatic N) is 2. The Morgan fingerprint density at radius 3 is 2.17 bits per heavy atom. The van der Waals surface area contributed by atoms with E-state index in [1.807, 2.05) is 13.1 Å². The molecule has 0 amide bonds. The van der Waals surface area contributed by atoms with Gasteiger partial charge in [0.15, 0.2) is 0 Å². The monoisotopic (exact) mass is 243 g/mol. The van der Waals surface area contributed by atoms with E-state index < -0.39 is 0 Å². The summed E-state index contributed by atoms with van der Waals surface area (Å²) in [7, 11) is 0. The van der Waals surface area contributed by atoms with Gasteiger partial charge in [-0.3, -0.25) is 0 Å². The summed E-state index contributed by atoms with van der Waals surface area (Å²) in [6.45, 7) is 1.92. The molecule has 0 saturated heterocycles. The third-order valence-electron chi connectivity index (χ3n) is 5.55. The Kier molecular flexibility index (Phi) is 2.07. The molecule has 5 rings (SSSR count). The van der Waals surface area contributed by atoms with Gasteiger partial charge in [-0.2, -0.15) is 0 Å². The first kappa shape index (κ1) is 10.8. The Hall–Kier alpha value is -1.12. The number of hydrogen-bond donors (Lipinski definition) is 1. The predicted octanol–water partition coefficient (Wildman–Crippen LogP) is 2.84. The Labute approximate surface area is 108 Å². The van der Waals surface area contributed by atoms with Crippen LogP contribution in [0.4, 0.5) is 5.82 Å². The fourth-order valence-corrected chi connectivity index (χ4v) is 5.34. The number of anilines is 1. The van der Waals surface area contributed by atoms with Crippen LogP contribution < -0.4 is 5.73 Å². The lowest BCUT2D eigenvalue weighted by atomic mass is 9.48. The summed E-state index contributed by atoms with van der Waals surface area (Å²) in [5.74, 6) is 4.36. The minimum atomic E-state index is 0.326. The molecule has 0 aliphatic heterocycles. The van der Waals surface area contributed by atoms with Crippen LogP contribution in [0.25, 0.3) is 0 Å². The first-order valence-corrected chi connectivity index (χ1v) is 7.24. The number of nitrogen functional groups attached to an aromatic ring is 1. The Morgan fingerprint density at radius 1 is 1.11 bits per heavy atom. The smallest absolute Gasteiger partial charge is 0.130 e. The maximum absolute atomic E-state index is 6.19. The van der Waals surface area contributed by atoms with Crippen molar-refractivity contribution in [1.82, 2.24) is 9.97 Å². The van der Waals surface area contributed by atoms with Gasteiger partial charge in [0.2, 0.25) is 0 Å². The van der Waals surface area contributed by atoms with E-state index in [2.05, 4.69) is 9.97 Å². The van der Waals surface area contributed by atoms with E-state index in [-0.39, 0.29) is 0 Å². The molecule has 0 unspecified atom stereocenters. The zero-order valence-corrected chi connectivity index (χ0v) is 11.0. The van der Waals surface area contributed by atoms with Crippen LogP contribution in [0, 0.1) is 24.7 Å². The van der Waals surface area contributed by atoms with Gasteiger partial charge in [0.1, 0.15) is 11.6 Å². The van der Waals surface area contributed by atoms with E-state index in [0.717, 1.165) is 29.4 Å². The maximum Gasteiger partial charge on any atom is 0.130 e. The second kappa shape index (κ2) is 3.46. The predicted molar refractivity (Wildman–Crippen MR) is 71.0 cm³/mol. The third kappa shape index (κ3) is 1.42. The van der Waals surface area contributed by atoms with Crippen LogP contribution >= 0.6 is 0 Å². The van der Waals surface area contributed by atoms with Gasteiger partial charge in [-0.25, -0.2) is 9.97 Å². The van der Waals surface area contributed by atoms with Crippen LogP contribution in [0.15, 0.2) is 6.20 Å². The molecular weight excluding hydrogens is 222 g/mol. The van der Waals surface area contributed by atoms with Gasteiger partial charge < -0.3 is 5.73 Å². The molecule has 0 radical (unpaired) electrons. The van der Waals surface area contributed by atoms with Crippen LogP contribution in [-0.2, 0) is 5.41 Å². The number of nitrogens with two attached hydrogens (primary N) is 1. The van der Waals surface area contributed by atoms with Gasteiger partial charge in [0.25, 0.3) is 0 Å². The van der Waals surface area contributed by atoms with Gasteiger partial charge in [-0.1, -0.05) is 0 Å². The topological polar surface area (TPSA) is 51.8 Å². The summed E-state index contributed by atoms with van der Waals surface area (Å²) < 4.78 is 0. The molecule has 1 heterocycles. The summed E-state index contributed by atoms with van der Waals surface area (Å²) in [5.41, 5.74) is 7.77. The molecule has 4 aliphatic carbocycles. The maximum atomic E-state index is 6.19. The lowest BCUT2D eigenvalue weighted by Gasteiger charge is -2.57. The molecule has 0 atom stereocenters. The molecule has 1 aromatic rings. The standard InChI is InChI=1S/C15H21N3/c1-9-17-8-13(14(16)18-9)15-5-10-2-11(6-15)4-12(3-10)7-15/h8,10-12H,2-7H2,1H3,(H2,16,17,18). The van der Waals surface area contributed by atoms with E-state index >= 15 is 0 Å². The van der Waals surface area contributed by atoms with E-state index in [1.165, 1.54) is 44.1 Å². The summed E-state index contributed by atoms with van der Waals surface area (Å²) in [6, 6.07) is 0. The third-order valence-corrected chi connectivity index (χ3v) is 5.55. The summed E-state index contributed by atoms with van der Waals surface area (Å²) in [6.07, 6.45) is 10.4. The molecule has 4 fully saturated rings. The molecule has 3 heteroatoms. The molecule has 4 aliphatic rings. The highest BCUT2D eigenvalue weighted by Crippen LogP contribution is 2.61. The molecular formula is C15H21N3. The first-order chi connectivity index (χ1) is 8.64. The van der Waals surface area contributed by atoms with Crippen LogP contribution in [0.5, 0.6) is 0 Å². The second-order valence-electron chi connectivity index (χ2n) is 6.91. The molecule has 4 bridgehead atoms. The zero-order chi connectivity index (χ0) is 12.3. The Balaban J connectivity index is 1.79. The number of hydrogen-bond acceptors (Lipinski definition) is 3. The van der Waals surface area contributed by atoms with Crippen molar-refractivity contribution in [3.8, 4) is 0 Å². The number of aromatic nitrogens is 2. The number of rotatable bonds is 1. The van der Waals surface area contributed by atoms with Crippen LogP contribution in [0.1, 0.15) is 49.9 Å². The molecule has 0 aromatic carbocycles. The lowest BCUT2D eigenvalue weighted by molar-refractivity contribution is -0.00512. The molecule has 4 saturated carbocycles. The van der Waals surface area contributed by atoms with Crippen LogP contribution in [0.2, 0.25) is 0 Å². The molecule has 1 aromatic heterocycles. The highest BCUT2D eigenvalue weighted by Gasteiger charge is 2.52.